The maximum atomic E-state index is 10.5. The van der Waals surface area contributed by atoms with Crippen LogP contribution in [0.1, 0.15) is 40.5 Å². The molecule has 0 aliphatic carbocycles. The lowest BCUT2D eigenvalue weighted by atomic mass is 10.1. The molecule has 13 heavy (non-hydrogen) atoms. The van der Waals surface area contributed by atoms with E-state index in [9.17, 15) is 4.79 Å². The fourth-order valence-electron chi connectivity index (χ4n) is 1.41. The summed E-state index contributed by atoms with van der Waals surface area (Å²) in [6.07, 6.45) is 1.35. The van der Waals surface area contributed by atoms with Gasteiger partial charge in [0.15, 0.2) is 0 Å². The summed E-state index contributed by atoms with van der Waals surface area (Å²) in [5.41, 5.74) is 5.26. The molecule has 0 saturated heterocycles. The van der Waals surface area contributed by atoms with Crippen molar-refractivity contribution in [2.45, 2.75) is 46.1 Å². The number of rotatable bonds is 5. The van der Waals surface area contributed by atoms with E-state index in [1.165, 1.54) is 0 Å². The molecule has 0 aliphatic rings. The lowest BCUT2D eigenvalue weighted by Gasteiger charge is -2.34. The summed E-state index contributed by atoms with van der Waals surface area (Å²) >= 11 is 0. The van der Waals surface area contributed by atoms with Gasteiger partial charge in [-0.15, -0.1) is 0 Å². The Hall–Kier alpha value is -0.570. The first-order valence-electron chi connectivity index (χ1n) is 4.91. The largest absolute Gasteiger partial charge is 0.370 e. The van der Waals surface area contributed by atoms with E-state index in [1.54, 1.807) is 0 Å². The number of primary amides is 1. The van der Waals surface area contributed by atoms with Gasteiger partial charge in [0.1, 0.15) is 0 Å². The standard InChI is InChI=1S/C10H22N2O/c1-5-12(10(2,3)4)8-6-7-9(11)13/h5-8H2,1-4H3,(H2,11,13). The van der Waals surface area contributed by atoms with Crippen LogP contribution in [-0.2, 0) is 4.79 Å². The molecule has 0 aromatic rings. The molecule has 0 aliphatic heterocycles. The molecule has 3 nitrogen and oxygen atoms in total. The normalized spacial score (nSPS) is 12.1. The number of amides is 1. The summed E-state index contributed by atoms with van der Waals surface area (Å²) in [4.78, 5) is 12.9. The highest BCUT2D eigenvalue weighted by Crippen LogP contribution is 2.13. The third-order valence-electron chi connectivity index (χ3n) is 2.18. The Morgan fingerprint density at radius 1 is 1.38 bits per heavy atom. The SMILES string of the molecule is CCN(CCCC(N)=O)C(C)(C)C. The molecule has 0 atom stereocenters. The van der Waals surface area contributed by atoms with Crippen LogP contribution in [0.4, 0.5) is 0 Å². The predicted octanol–water partition coefficient (Wildman–Crippen LogP) is 1.37. The first-order valence-corrected chi connectivity index (χ1v) is 4.91. The summed E-state index contributed by atoms with van der Waals surface area (Å²) in [6, 6.07) is 0. The lowest BCUT2D eigenvalue weighted by Crippen LogP contribution is -2.41. The molecule has 0 aromatic carbocycles. The second-order valence-corrected chi connectivity index (χ2v) is 4.32. The van der Waals surface area contributed by atoms with Gasteiger partial charge < -0.3 is 5.73 Å². The summed E-state index contributed by atoms with van der Waals surface area (Å²) in [6.45, 7) is 10.6. The molecule has 0 heterocycles. The molecule has 0 bridgehead atoms. The van der Waals surface area contributed by atoms with Crippen LogP contribution in [0.15, 0.2) is 0 Å². The van der Waals surface area contributed by atoms with Gasteiger partial charge >= 0.3 is 0 Å². The molecule has 0 aromatic heterocycles. The molecule has 0 spiro atoms. The molecule has 3 heteroatoms. The van der Waals surface area contributed by atoms with Crippen LogP contribution in [0.25, 0.3) is 0 Å². The molecule has 0 radical (unpaired) electrons. The first-order chi connectivity index (χ1) is 5.88. The molecule has 0 saturated carbocycles. The molecule has 1 amide bonds. The molecule has 0 fully saturated rings. The Bertz CT molecular complexity index is 161. The van der Waals surface area contributed by atoms with Crippen LogP contribution in [0.5, 0.6) is 0 Å². The quantitative estimate of drug-likeness (QED) is 0.705. The van der Waals surface area contributed by atoms with E-state index in [0.717, 1.165) is 19.5 Å². The zero-order valence-corrected chi connectivity index (χ0v) is 9.26. The molecular weight excluding hydrogens is 164 g/mol. The first kappa shape index (κ1) is 12.4. The minimum absolute atomic E-state index is 0.187. The highest BCUT2D eigenvalue weighted by Gasteiger charge is 2.18. The Morgan fingerprint density at radius 3 is 2.23 bits per heavy atom. The van der Waals surface area contributed by atoms with Crippen molar-refractivity contribution in [3.8, 4) is 0 Å². The van der Waals surface area contributed by atoms with E-state index < -0.39 is 0 Å². The van der Waals surface area contributed by atoms with Gasteiger partial charge in [0.2, 0.25) is 5.91 Å². The van der Waals surface area contributed by atoms with Crippen LogP contribution < -0.4 is 5.73 Å². The monoisotopic (exact) mass is 186 g/mol. The van der Waals surface area contributed by atoms with E-state index in [-0.39, 0.29) is 11.4 Å². The third-order valence-corrected chi connectivity index (χ3v) is 2.18. The van der Waals surface area contributed by atoms with Crippen molar-refractivity contribution in [3.63, 3.8) is 0 Å². The molecule has 0 unspecified atom stereocenters. The number of hydrogen-bond acceptors (Lipinski definition) is 2. The fraction of sp³-hybridized carbons (Fsp3) is 0.900. The zero-order valence-electron chi connectivity index (χ0n) is 9.26. The Balaban J connectivity index is 3.80. The molecule has 0 rings (SSSR count). The van der Waals surface area contributed by atoms with Gasteiger partial charge in [-0.05, 0) is 40.3 Å². The van der Waals surface area contributed by atoms with E-state index in [2.05, 4.69) is 32.6 Å². The van der Waals surface area contributed by atoms with Crippen LogP contribution in [0.2, 0.25) is 0 Å². The van der Waals surface area contributed by atoms with E-state index in [1.807, 2.05) is 0 Å². The number of nitrogens with two attached hydrogens (primary N) is 1. The van der Waals surface area contributed by atoms with E-state index in [4.69, 9.17) is 5.73 Å². The number of nitrogens with zero attached hydrogens (tertiary/aromatic N) is 1. The Morgan fingerprint density at radius 2 is 1.92 bits per heavy atom. The highest BCUT2D eigenvalue weighted by atomic mass is 16.1. The second kappa shape index (κ2) is 5.22. The van der Waals surface area contributed by atoms with Gasteiger partial charge in [0.25, 0.3) is 0 Å². The number of hydrogen-bond donors (Lipinski definition) is 1. The van der Waals surface area contributed by atoms with Gasteiger partial charge in [0, 0.05) is 12.0 Å². The Labute approximate surface area is 81.3 Å². The highest BCUT2D eigenvalue weighted by molar-refractivity contribution is 5.73. The number of carbonyl (C=O) groups excluding carboxylic acids is 1. The topological polar surface area (TPSA) is 46.3 Å². The smallest absolute Gasteiger partial charge is 0.217 e. The average molecular weight is 186 g/mol. The van der Waals surface area contributed by atoms with Crippen molar-refractivity contribution in [2.24, 2.45) is 5.73 Å². The third kappa shape index (κ3) is 5.64. The number of carbonyl (C=O) groups is 1. The second-order valence-electron chi connectivity index (χ2n) is 4.32. The summed E-state index contributed by atoms with van der Waals surface area (Å²) < 4.78 is 0. The fourth-order valence-corrected chi connectivity index (χ4v) is 1.41. The molecule has 78 valence electrons. The van der Waals surface area contributed by atoms with Crippen LogP contribution >= 0.6 is 0 Å². The molecular formula is C10H22N2O. The minimum Gasteiger partial charge on any atom is -0.370 e. The van der Waals surface area contributed by atoms with E-state index >= 15 is 0 Å². The van der Waals surface area contributed by atoms with Crippen molar-refractivity contribution >= 4 is 5.91 Å². The zero-order chi connectivity index (χ0) is 10.5. The van der Waals surface area contributed by atoms with Gasteiger partial charge in [-0.1, -0.05) is 6.92 Å². The van der Waals surface area contributed by atoms with Crippen LogP contribution in [0, 0.1) is 0 Å². The maximum Gasteiger partial charge on any atom is 0.217 e. The maximum absolute atomic E-state index is 10.5. The molecule has 2 N–H and O–H groups in total. The average Bonchev–Trinajstić information content (AvgIpc) is 1.95. The van der Waals surface area contributed by atoms with Crippen LogP contribution in [0.3, 0.4) is 0 Å². The van der Waals surface area contributed by atoms with Crippen LogP contribution in [-0.4, -0.2) is 29.4 Å². The van der Waals surface area contributed by atoms with Crippen molar-refractivity contribution < 1.29 is 4.79 Å². The minimum atomic E-state index is -0.204. The van der Waals surface area contributed by atoms with E-state index in [0.29, 0.717) is 6.42 Å². The summed E-state index contributed by atoms with van der Waals surface area (Å²) in [7, 11) is 0. The lowest BCUT2D eigenvalue weighted by molar-refractivity contribution is -0.118. The Kier molecular flexibility index (Phi) is 4.99. The summed E-state index contributed by atoms with van der Waals surface area (Å²) in [5, 5.41) is 0. The van der Waals surface area contributed by atoms with Gasteiger partial charge in [-0.25, -0.2) is 0 Å². The van der Waals surface area contributed by atoms with Crippen molar-refractivity contribution in [2.75, 3.05) is 13.1 Å². The van der Waals surface area contributed by atoms with Gasteiger partial charge in [-0.3, -0.25) is 9.69 Å². The van der Waals surface area contributed by atoms with Crippen molar-refractivity contribution in [3.05, 3.63) is 0 Å². The predicted molar refractivity (Wildman–Crippen MR) is 55.4 cm³/mol. The van der Waals surface area contributed by atoms with Gasteiger partial charge in [-0.2, -0.15) is 0 Å². The van der Waals surface area contributed by atoms with Crippen molar-refractivity contribution in [1.29, 1.82) is 0 Å². The van der Waals surface area contributed by atoms with Crippen molar-refractivity contribution in [1.82, 2.24) is 4.90 Å². The van der Waals surface area contributed by atoms with Gasteiger partial charge in [0.05, 0.1) is 0 Å². The summed E-state index contributed by atoms with van der Waals surface area (Å²) in [5.74, 6) is -0.204.